The van der Waals surface area contributed by atoms with E-state index in [1.54, 1.807) is 24.3 Å². The van der Waals surface area contributed by atoms with Crippen molar-refractivity contribution in [3.63, 3.8) is 0 Å². The minimum atomic E-state index is -0.404. The summed E-state index contributed by atoms with van der Waals surface area (Å²) in [6, 6.07) is 8.51. The standard InChI is InChI=1S/C23H24N6O3/c1-14-10-17(20-21(25-14)28-9-4-2-3-8-18(28)27-20)22(31)26-16-7-5-6-15(11-16)13-29-19(30)12-24-23(29)32/h5-7,10-11H,2-4,8-9,12-13H2,1H3,(H,24,32)(H,26,31). The maximum Gasteiger partial charge on any atom is 0.324 e. The molecule has 2 aliphatic heterocycles. The highest BCUT2D eigenvalue weighted by Gasteiger charge is 2.28. The lowest BCUT2D eigenvalue weighted by Gasteiger charge is -2.13. The highest BCUT2D eigenvalue weighted by molar-refractivity contribution is 6.11. The molecule has 0 atom stereocenters. The van der Waals surface area contributed by atoms with Gasteiger partial charge in [-0.3, -0.25) is 14.5 Å². The topological polar surface area (TPSA) is 109 Å². The first-order chi connectivity index (χ1) is 15.5. The van der Waals surface area contributed by atoms with E-state index in [1.165, 1.54) is 6.42 Å². The van der Waals surface area contributed by atoms with Crippen LogP contribution in [0.3, 0.4) is 0 Å². The number of benzene rings is 1. The van der Waals surface area contributed by atoms with Crippen LogP contribution in [0.4, 0.5) is 10.5 Å². The monoisotopic (exact) mass is 432 g/mol. The molecule has 9 nitrogen and oxygen atoms in total. The van der Waals surface area contributed by atoms with E-state index in [1.807, 2.05) is 13.0 Å². The molecule has 32 heavy (non-hydrogen) atoms. The quantitative estimate of drug-likeness (QED) is 0.616. The van der Waals surface area contributed by atoms with Crippen LogP contribution in [0.2, 0.25) is 0 Å². The van der Waals surface area contributed by atoms with E-state index >= 15 is 0 Å². The lowest BCUT2D eigenvalue weighted by atomic mass is 10.1. The Labute approximate surface area is 184 Å². The molecule has 164 valence electrons. The average Bonchev–Trinajstić information content (AvgIpc) is 3.16. The predicted octanol–water partition coefficient (Wildman–Crippen LogP) is 2.77. The second-order valence-electron chi connectivity index (χ2n) is 8.27. The Bertz CT molecular complexity index is 1230. The SMILES string of the molecule is Cc1cc(C(=O)Nc2cccc(CN3C(=O)CNC3=O)c2)c2nc3n(c2n1)CCCCC3. The Kier molecular flexibility index (Phi) is 5.08. The van der Waals surface area contributed by atoms with Crippen molar-refractivity contribution < 1.29 is 14.4 Å². The van der Waals surface area contributed by atoms with Crippen molar-refractivity contribution in [2.75, 3.05) is 11.9 Å². The van der Waals surface area contributed by atoms with Gasteiger partial charge in [0.05, 0.1) is 18.7 Å². The van der Waals surface area contributed by atoms with E-state index in [0.29, 0.717) is 16.8 Å². The van der Waals surface area contributed by atoms with Crippen LogP contribution in [-0.2, 0) is 24.3 Å². The van der Waals surface area contributed by atoms with Crippen LogP contribution in [0.5, 0.6) is 0 Å². The molecule has 0 spiro atoms. The van der Waals surface area contributed by atoms with Crippen LogP contribution >= 0.6 is 0 Å². The van der Waals surface area contributed by atoms with E-state index in [0.717, 1.165) is 53.4 Å². The number of hydrogen-bond acceptors (Lipinski definition) is 5. The number of rotatable bonds is 4. The first-order valence-electron chi connectivity index (χ1n) is 10.8. The number of anilines is 1. The van der Waals surface area contributed by atoms with Crippen LogP contribution in [0.15, 0.2) is 30.3 Å². The molecule has 0 aliphatic carbocycles. The Morgan fingerprint density at radius 3 is 2.84 bits per heavy atom. The second kappa shape index (κ2) is 8.07. The number of urea groups is 1. The van der Waals surface area contributed by atoms with Crippen molar-refractivity contribution in [1.29, 1.82) is 0 Å². The van der Waals surface area contributed by atoms with Crippen molar-refractivity contribution in [1.82, 2.24) is 24.8 Å². The first-order valence-corrected chi connectivity index (χ1v) is 10.8. The maximum absolute atomic E-state index is 13.2. The zero-order chi connectivity index (χ0) is 22.2. The molecule has 1 saturated heterocycles. The van der Waals surface area contributed by atoms with Gasteiger partial charge in [-0.25, -0.2) is 14.8 Å². The molecule has 1 aromatic carbocycles. The summed E-state index contributed by atoms with van der Waals surface area (Å²) >= 11 is 0. The lowest BCUT2D eigenvalue weighted by Crippen LogP contribution is -2.30. The van der Waals surface area contributed by atoms with Gasteiger partial charge in [0.2, 0.25) is 5.91 Å². The van der Waals surface area contributed by atoms with Crippen molar-refractivity contribution in [2.24, 2.45) is 0 Å². The smallest absolute Gasteiger partial charge is 0.324 e. The largest absolute Gasteiger partial charge is 0.329 e. The summed E-state index contributed by atoms with van der Waals surface area (Å²) in [7, 11) is 0. The fraction of sp³-hybridized carbons (Fsp3) is 0.348. The van der Waals surface area contributed by atoms with E-state index in [2.05, 4.69) is 20.2 Å². The van der Waals surface area contributed by atoms with E-state index in [4.69, 9.17) is 4.98 Å². The van der Waals surface area contributed by atoms with Gasteiger partial charge in [-0.1, -0.05) is 18.6 Å². The molecule has 2 N–H and O–H groups in total. The summed E-state index contributed by atoms with van der Waals surface area (Å²) in [5, 5.41) is 5.45. The first kappa shape index (κ1) is 20.2. The summed E-state index contributed by atoms with van der Waals surface area (Å²) in [6.07, 6.45) is 4.24. The molecular weight excluding hydrogens is 408 g/mol. The molecule has 5 rings (SSSR count). The number of fused-ring (bicyclic) bond motifs is 3. The van der Waals surface area contributed by atoms with E-state index in [-0.39, 0.29) is 24.9 Å². The number of imidazole rings is 1. The molecule has 2 aromatic heterocycles. The third kappa shape index (κ3) is 3.70. The molecule has 1 fully saturated rings. The molecule has 0 radical (unpaired) electrons. The van der Waals surface area contributed by atoms with Gasteiger partial charge in [0.1, 0.15) is 11.3 Å². The Morgan fingerprint density at radius 1 is 1.16 bits per heavy atom. The summed E-state index contributed by atoms with van der Waals surface area (Å²) in [5.41, 5.74) is 3.98. The summed E-state index contributed by atoms with van der Waals surface area (Å²) < 4.78 is 2.14. The Hall–Kier alpha value is -3.75. The number of nitrogens with zero attached hydrogens (tertiary/aromatic N) is 4. The van der Waals surface area contributed by atoms with Gasteiger partial charge in [-0.05, 0) is 43.5 Å². The number of hydrogen-bond donors (Lipinski definition) is 2. The summed E-state index contributed by atoms with van der Waals surface area (Å²) in [6.45, 7) is 2.92. The molecule has 0 unspecified atom stereocenters. The number of nitrogens with one attached hydrogen (secondary N) is 2. The highest BCUT2D eigenvalue weighted by Crippen LogP contribution is 2.25. The van der Waals surface area contributed by atoms with Gasteiger partial charge in [-0.2, -0.15) is 0 Å². The Morgan fingerprint density at radius 2 is 2.03 bits per heavy atom. The van der Waals surface area contributed by atoms with Crippen LogP contribution < -0.4 is 10.6 Å². The van der Waals surface area contributed by atoms with Crippen LogP contribution in [-0.4, -0.2) is 43.8 Å². The molecule has 4 heterocycles. The van der Waals surface area contributed by atoms with E-state index in [9.17, 15) is 14.4 Å². The summed E-state index contributed by atoms with van der Waals surface area (Å²) in [4.78, 5) is 47.5. The van der Waals surface area contributed by atoms with Gasteiger partial charge >= 0.3 is 6.03 Å². The van der Waals surface area contributed by atoms with Gasteiger partial charge < -0.3 is 15.2 Å². The minimum absolute atomic E-state index is 0.0152. The van der Waals surface area contributed by atoms with E-state index < -0.39 is 6.03 Å². The fourth-order valence-electron chi connectivity index (χ4n) is 4.33. The third-order valence-corrected chi connectivity index (χ3v) is 5.90. The third-order valence-electron chi connectivity index (χ3n) is 5.90. The van der Waals surface area contributed by atoms with Crippen molar-refractivity contribution in [3.05, 3.63) is 53.0 Å². The second-order valence-corrected chi connectivity index (χ2v) is 8.27. The number of aryl methyl sites for hydroxylation is 3. The highest BCUT2D eigenvalue weighted by atomic mass is 16.2. The fourth-order valence-corrected chi connectivity index (χ4v) is 4.33. The van der Waals surface area contributed by atoms with Gasteiger partial charge in [-0.15, -0.1) is 0 Å². The molecular formula is C23H24N6O3. The number of pyridine rings is 1. The van der Waals surface area contributed by atoms with Crippen molar-refractivity contribution in [2.45, 2.75) is 45.7 Å². The summed E-state index contributed by atoms with van der Waals surface area (Å²) in [5.74, 6) is 0.458. The predicted molar refractivity (Wildman–Crippen MR) is 118 cm³/mol. The molecule has 9 heteroatoms. The van der Waals surface area contributed by atoms with Crippen molar-refractivity contribution in [3.8, 4) is 0 Å². The molecule has 2 aliphatic rings. The number of carbonyl (C=O) groups excluding carboxylic acids is 3. The van der Waals surface area contributed by atoms with Gasteiger partial charge in [0.25, 0.3) is 5.91 Å². The van der Waals surface area contributed by atoms with Crippen LogP contribution in [0.1, 0.15) is 46.7 Å². The molecule has 0 saturated carbocycles. The number of amides is 4. The molecule has 0 bridgehead atoms. The zero-order valence-corrected chi connectivity index (χ0v) is 17.9. The lowest BCUT2D eigenvalue weighted by molar-refractivity contribution is -0.125. The number of aromatic nitrogens is 3. The number of imide groups is 1. The normalized spacial score (nSPS) is 16.1. The van der Waals surface area contributed by atoms with Crippen molar-refractivity contribution >= 4 is 34.7 Å². The molecule has 4 amide bonds. The number of carbonyl (C=O) groups is 3. The molecule has 3 aromatic rings. The maximum atomic E-state index is 13.2. The average molecular weight is 432 g/mol. The Balaban J connectivity index is 1.42. The van der Waals surface area contributed by atoms with Crippen LogP contribution in [0.25, 0.3) is 11.2 Å². The van der Waals surface area contributed by atoms with Gasteiger partial charge in [0, 0.05) is 24.3 Å². The van der Waals surface area contributed by atoms with Gasteiger partial charge in [0.15, 0.2) is 5.65 Å². The van der Waals surface area contributed by atoms with Crippen LogP contribution in [0, 0.1) is 6.92 Å². The minimum Gasteiger partial charge on any atom is -0.329 e. The zero-order valence-electron chi connectivity index (χ0n) is 17.9.